The largest absolute Gasteiger partial charge is 0.369 e. The number of anilines is 2. The normalized spacial score (nSPS) is 16.2. The van der Waals surface area contributed by atoms with Crippen molar-refractivity contribution >= 4 is 27.6 Å². The van der Waals surface area contributed by atoms with Crippen molar-refractivity contribution in [2.24, 2.45) is 0 Å². The van der Waals surface area contributed by atoms with E-state index < -0.39 is 0 Å². The monoisotopic (exact) mass is 285 g/mol. The summed E-state index contributed by atoms with van der Waals surface area (Å²) in [7, 11) is 0. The Morgan fingerprint density at radius 2 is 2.19 bits per heavy atom. The molecule has 1 aliphatic rings. The third kappa shape index (κ3) is 2.44. The number of rotatable bonds is 3. The zero-order valence-electron chi connectivity index (χ0n) is 9.33. The molecular formula is C10H16BrN5. The van der Waals surface area contributed by atoms with Crippen LogP contribution in [0.2, 0.25) is 0 Å². The summed E-state index contributed by atoms with van der Waals surface area (Å²) >= 11 is 3.57. The van der Waals surface area contributed by atoms with Crippen molar-refractivity contribution in [2.45, 2.75) is 6.92 Å². The van der Waals surface area contributed by atoms with Crippen LogP contribution in [0, 0.1) is 0 Å². The molecule has 0 atom stereocenters. The number of halogens is 1. The fourth-order valence-corrected chi connectivity index (χ4v) is 2.34. The van der Waals surface area contributed by atoms with E-state index in [1.54, 1.807) is 6.33 Å². The second-order valence-corrected chi connectivity index (χ2v) is 4.42. The molecule has 0 amide bonds. The van der Waals surface area contributed by atoms with Crippen LogP contribution in [0.4, 0.5) is 11.6 Å². The molecule has 16 heavy (non-hydrogen) atoms. The van der Waals surface area contributed by atoms with E-state index >= 15 is 0 Å². The van der Waals surface area contributed by atoms with Crippen molar-refractivity contribution in [3.8, 4) is 0 Å². The van der Waals surface area contributed by atoms with Crippen molar-refractivity contribution in [1.29, 1.82) is 0 Å². The van der Waals surface area contributed by atoms with Crippen LogP contribution in [-0.2, 0) is 0 Å². The van der Waals surface area contributed by atoms with E-state index in [1.165, 1.54) is 0 Å². The predicted octanol–water partition coefficient (Wildman–Crippen LogP) is 1.08. The van der Waals surface area contributed by atoms with Crippen molar-refractivity contribution in [3.05, 3.63) is 10.8 Å². The molecule has 0 saturated carbocycles. The third-order valence-corrected chi connectivity index (χ3v) is 3.26. The molecule has 0 unspecified atom stereocenters. The highest BCUT2D eigenvalue weighted by atomic mass is 79.9. The Kier molecular flexibility index (Phi) is 3.95. The van der Waals surface area contributed by atoms with E-state index in [2.05, 4.69) is 48.4 Å². The minimum absolute atomic E-state index is 0.858. The van der Waals surface area contributed by atoms with Gasteiger partial charge in [0.2, 0.25) is 0 Å². The van der Waals surface area contributed by atoms with Gasteiger partial charge in [-0.3, -0.25) is 0 Å². The first kappa shape index (κ1) is 11.6. The average Bonchev–Trinajstić information content (AvgIpc) is 2.33. The molecule has 0 aliphatic carbocycles. The molecule has 0 aromatic carbocycles. The summed E-state index contributed by atoms with van der Waals surface area (Å²) in [6.45, 7) is 6.90. The second-order valence-electron chi connectivity index (χ2n) is 3.63. The van der Waals surface area contributed by atoms with Crippen molar-refractivity contribution in [1.82, 2.24) is 15.3 Å². The summed E-state index contributed by atoms with van der Waals surface area (Å²) < 4.78 is 0.957. The van der Waals surface area contributed by atoms with Crippen LogP contribution in [-0.4, -0.2) is 42.7 Å². The van der Waals surface area contributed by atoms with Crippen LogP contribution in [0.3, 0.4) is 0 Å². The Morgan fingerprint density at radius 3 is 2.88 bits per heavy atom. The molecule has 0 spiro atoms. The summed E-state index contributed by atoms with van der Waals surface area (Å²) in [6.07, 6.45) is 1.61. The molecule has 2 heterocycles. The smallest absolute Gasteiger partial charge is 0.148 e. The van der Waals surface area contributed by atoms with Gasteiger partial charge in [0.1, 0.15) is 22.4 Å². The highest BCUT2D eigenvalue weighted by Crippen LogP contribution is 2.29. The van der Waals surface area contributed by atoms with Crippen LogP contribution in [0.1, 0.15) is 6.92 Å². The van der Waals surface area contributed by atoms with E-state index in [4.69, 9.17) is 0 Å². The van der Waals surface area contributed by atoms with Gasteiger partial charge in [-0.1, -0.05) is 0 Å². The van der Waals surface area contributed by atoms with Gasteiger partial charge in [-0.15, -0.1) is 0 Å². The highest BCUT2D eigenvalue weighted by Gasteiger charge is 2.16. The van der Waals surface area contributed by atoms with Crippen LogP contribution in [0.25, 0.3) is 0 Å². The molecule has 1 aliphatic heterocycles. The number of hydrogen-bond donors (Lipinski definition) is 2. The van der Waals surface area contributed by atoms with E-state index in [0.717, 1.165) is 48.8 Å². The summed E-state index contributed by atoms with van der Waals surface area (Å²) in [5.74, 6) is 1.85. The van der Waals surface area contributed by atoms with Gasteiger partial charge >= 0.3 is 0 Å². The lowest BCUT2D eigenvalue weighted by Gasteiger charge is -2.29. The van der Waals surface area contributed by atoms with Gasteiger partial charge in [-0.05, 0) is 22.9 Å². The Bertz CT molecular complexity index is 351. The van der Waals surface area contributed by atoms with E-state index in [-0.39, 0.29) is 0 Å². The topological polar surface area (TPSA) is 53.1 Å². The van der Waals surface area contributed by atoms with Gasteiger partial charge in [-0.2, -0.15) is 0 Å². The Hall–Kier alpha value is -0.880. The summed E-state index contributed by atoms with van der Waals surface area (Å²) in [5, 5.41) is 6.54. The van der Waals surface area contributed by atoms with E-state index in [9.17, 15) is 0 Å². The number of piperazine rings is 1. The number of hydrogen-bond acceptors (Lipinski definition) is 5. The quantitative estimate of drug-likeness (QED) is 0.871. The standard InChI is InChI=1S/C10H16BrN5/c1-2-13-9-8(11)10(15-7-14-9)16-5-3-12-4-6-16/h7,12H,2-6H2,1H3,(H,13,14,15). The number of aromatic nitrogens is 2. The van der Waals surface area contributed by atoms with Crippen LogP contribution in [0.15, 0.2) is 10.8 Å². The molecule has 1 aromatic heterocycles. The maximum atomic E-state index is 4.35. The minimum atomic E-state index is 0.858. The number of nitrogens with zero attached hydrogens (tertiary/aromatic N) is 3. The molecule has 1 fully saturated rings. The SMILES string of the molecule is CCNc1ncnc(N2CCNCC2)c1Br. The van der Waals surface area contributed by atoms with Crippen LogP contribution in [0.5, 0.6) is 0 Å². The average molecular weight is 286 g/mol. The fraction of sp³-hybridized carbons (Fsp3) is 0.600. The molecule has 88 valence electrons. The molecular weight excluding hydrogens is 270 g/mol. The first-order valence-electron chi connectivity index (χ1n) is 5.53. The minimum Gasteiger partial charge on any atom is -0.369 e. The van der Waals surface area contributed by atoms with Crippen molar-refractivity contribution < 1.29 is 0 Å². The molecule has 0 radical (unpaired) electrons. The van der Waals surface area contributed by atoms with Crippen LogP contribution < -0.4 is 15.5 Å². The molecule has 2 N–H and O–H groups in total. The van der Waals surface area contributed by atoms with Crippen LogP contribution >= 0.6 is 15.9 Å². The zero-order chi connectivity index (χ0) is 11.4. The molecule has 1 saturated heterocycles. The van der Waals surface area contributed by atoms with E-state index in [0.29, 0.717) is 0 Å². The van der Waals surface area contributed by atoms with Gasteiger partial charge < -0.3 is 15.5 Å². The fourth-order valence-electron chi connectivity index (χ4n) is 1.75. The number of nitrogens with one attached hydrogen (secondary N) is 2. The third-order valence-electron chi connectivity index (χ3n) is 2.53. The molecule has 0 bridgehead atoms. The Morgan fingerprint density at radius 1 is 1.44 bits per heavy atom. The lowest BCUT2D eigenvalue weighted by atomic mass is 10.3. The lowest BCUT2D eigenvalue weighted by molar-refractivity contribution is 0.584. The maximum Gasteiger partial charge on any atom is 0.148 e. The second kappa shape index (κ2) is 5.45. The first-order valence-corrected chi connectivity index (χ1v) is 6.32. The van der Waals surface area contributed by atoms with Crippen molar-refractivity contribution in [3.63, 3.8) is 0 Å². The van der Waals surface area contributed by atoms with Gasteiger partial charge in [0, 0.05) is 32.7 Å². The van der Waals surface area contributed by atoms with Gasteiger partial charge in [0.15, 0.2) is 0 Å². The first-order chi connectivity index (χ1) is 7.83. The molecule has 1 aromatic rings. The van der Waals surface area contributed by atoms with Crippen molar-refractivity contribution in [2.75, 3.05) is 42.9 Å². The summed E-state index contributed by atoms with van der Waals surface area (Å²) in [4.78, 5) is 10.8. The van der Waals surface area contributed by atoms with Gasteiger partial charge in [0.25, 0.3) is 0 Å². The molecule has 6 heteroatoms. The summed E-state index contributed by atoms with van der Waals surface area (Å²) in [6, 6.07) is 0. The van der Waals surface area contributed by atoms with Gasteiger partial charge in [-0.25, -0.2) is 9.97 Å². The summed E-state index contributed by atoms with van der Waals surface area (Å²) in [5.41, 5.74) is 0. The Labute approximate surface area is 104 Å². The highest BCUT2D eigenvalue weighted by molar-refractivity contribution is 9.10. The maximum absolute atomic E-state index is 4.35. The molecule has 2 rings (SSSR count). The zero-order valence-corrected chi connectivity index (χ0v) is 10.9. The van der Waals surface area contributed by atoms with Gasteiger partial charge in [0.05, 0.1) is 0 Å². The predicted molar refractivity (Wildman–Crippen MR) is 69.0 cm³/mol. The Balaban J connectivity index is 2.22. The lowest BCUT2D eigenvalue weighted by Crippen LogP contribution is -2.44. The molecule has 5 nitrogen and oxygen atoms in total. The van der Waals surface area contributed by atoms with E-state index in [1.807, 2.05) is 0 Å².